The van der Waals surface area contributed by atoms with Gasteiger partial charge in [-0.3, -0.25) is 4.90 Å². The van der Waals surface area contributed by atoms with Crippen LogP contribution in [0.4, 0.5) is 0 Å². The van der Waals surface area contributed by atoms with Crippen molar-refractivity contribution in [1.29, 1.82) is 0 Å². The second-order valence-corrected chi connectivity index (χ2v) is 8.68. The van der Waals surface area contributed by atoms with Crippen LogP contribution < -0.4 is 5.32 Å². The fourth-order valence-corrected chi connectivity index (χ4v) is 3.65. The van der Waals surface area contributed by atoms with Crippen molar-refractivity contribution in [3.8, 4) is 0 Å². The molecule has 1 unspecified atom stereocenters. The van der Waals surface area contributed by atoms with Crippen LogP contribution in [0.25, 0.3) is 0 Å². The van der Waals surface area contributed by atoms with Crippen LogP contribution in [-0.4, -0.2) is 49.3 Å². The Balaban J connectivity index is 2.00. The second-order valence-electron chi connectivity index (χ2n) is 8.68. The van der Waals surface area contributed by atoms with Gasteiger partial charge in [-0.2, -0.15) is 0 Å². The molecule has 0 aromatic rings. The first-order valence-electron chi connectivity index (χ1n) is 8.87. The van der Waals surface area contributed by atoms with E-state index >= 15 is 0 Å². The first-order valence-corrected chi connectivity index (χ1v) is 8.87. The third kappa shape index (κ3) is 5.22. The molecule has 1 aliphatic carbocycles. The van der Waals surface area contributed by atoms with Crippen LogP contribution in [0.1, 0.15) is 60.3 Å². The number of hydrogen-bond acceptors (Lipinski definition) is 3. The molecule has 1 saturated carbocycles. The predicted molar refractivity (Wildman–Crippen MR) is 89.7 cm³/mol. The zero-order chi connectivity index (χ0) is 15.5. The lowest BCUT2D eigenvalue weighted by atomic mass is 9.70. The summed E-state index contributed by atoms with van der Waals surface area (Å²) < 4.78 is 5.61. The SMILES string of the molecule is CC1CCC(CNC(C)(C)C)(CN2CCOCC2C)CC1. The Morgan fingerprint density at radius 2 is 1.86 bits per heavy atom. The second kappa shape index (κ2) is 6.97. The number of hydrogen-bond donors (Lipinski definition) is 1. The van der Waals surface area contributed by atoms with Crippen molar-refractivity contribution in [3.05, 3.63) is 0 Å². The molecule has 0 spiro atoms. The van der Waals surface area contributed by atoms with E-state index in [1.54, 1.807) is 0 Å². The average Bonchev–Trinajstić information content (AvgIpc) is 2.42. The standard InChI is InChI=1S/C18H36N2O/c1-15-6-8-18(9-7-15,13-19-17(3,4)5)14-20-10-11-21-12-16(20)2/h15-16,19H,6-14H2,1-5H3. The van der Waals surface area contributed by atoms with E-state index < -0.39 is 0 Å². The molecule has 0 amide bonds. The van der Waals surface area contributed by atoms with E-state index in [4.69, 9.17) is 4.74 Å². The highest BCUT2D eigenvalue weighted by atomic mass is 16.5. The van der Waals surface area contributed by atoms with Gasteiger partial charge in [-0.15, -0.1) is 0 Å². The van der Waals surface area contributed by atoms with Gasteiger partial charge in [0, 0.05) is 31.2 Å². The predicted octanol–water partition coefficient (Wildman–Crippen LogP) is 3.29. The summed E-state index contributed by atoms with van der Waals surface area (Å²) in [5.41, 5.74) is 0.679. The van der Waals surface area contributed by atoms with Crippen molar-refractivity contribution in [2.45, 2.75) is 71.9 Å². The average molecular weight is 296 g/mol. The molecular weight excluding hydrogens is 260 g/mol. The van der Waals surface area contributed by atoms with E-state index in [0.29, 0.717) is 11.5 Å². The van der Waals surface area contributed by atoms with E-state index in [-0.39, 0.29) is 5.54 Å². The van der Waals surface area contributed by atoms with Gasteiger partial charge in [0.25, 0.3) is 0 Å². The first-order chi connectivity index (χ1) is 9.80. The lowest BCUT2D eigenvalue weighted by molar-refractivity contribution is -0.0302. The topological polar surface area (TPSA) is 24.5 Å². The van der Waals surface area contributed by atoms with E-state index in [0.717, 1.165) is 32.2 Å². The van der Waals surface area contributed by atoms with E-state index in [2.05, 4.69) is 44.8 Å². The monoisotopic (exact) mass is 296 g/mol. The van der Waals surface area contributed by atoms with Gasteiger partial charge in [0.2, 0.25) is 0 Å². The summed E-state index contributed by atoms with van der Waals surface area (Å²) in [6.07, 6.45) is 5.54. The Morgan fingerprint density at radius 1 is 1.19 bits per heavy atom. The highest BCUT2D eigenvalue weighted by Gasteiger charge is 2.37. The van der Waals surface area contributed by atoms with Crippen LogP contribution in [-0.2, 0) is 4.74 Å². The maximum absolute atomic E-state index is 5.61. The lowest BCUT2D eigenvalue weighted by Crippen LogP contribution is -2.54. The van der Waals surface area contributed by atoms with Crippen LogP contribution in [0.2, 0.25) is 0 Å². The van der Waals surface area contributed by atoms with Gasteiger partial charge in [-0.1, -0.05) is 19.8 Å². The molecule has 2 aliphatic rings. The fourth-order valence-electron chi connectivity index (χ4n) is 3.65. The zero-order valence-corrected chi connectivity index (χ0v) is 14.9. The minimum atomic E-state index is 0.215. The fraction of sp³-hybridized carbons (Fsp3) is 1.00. The maximum atomic E-state index is 5.61. The molecule has 124 valence electrons. The quantitative estimate of drug-likeness (QED) is 0.861. The molecular formula is C18H36N2O. The Morgan fingerprint density at radius 3 is 2.43 bits per heavy atom. The molecule has 3 heteroatoms. The molecule has 0 aromatic carbocycles. The molecule has 1 aliphatic heterocycles. The summed E-state index contributed by atoms with van der Waals surface area (Å²) in [7, 11) is 0. The van der Waals surface area contributed by atoms with Gasteiger partial charge in [-0.05, 0) is 51.9 Å². The normalized spacial score (nSPS) is 35.9. The van der Waals surface area contributed by atoms with Gasteiger partial charge in [0.1, 0.15) is 0 Å². The smallest absolute Gasteiger partial charge is 0.0619 e. The molecule has 1 saturated heterocycles. The van der Waals surface area contributed by atoms with Crippen LogP contribution in [0.3, 0.4) is 0 Å². The minimum Gasteiger partial charge on any atom is -0.379 e. The third-order valence-electron chi connectivity index (χ3n) is 5.37. The molecule has 21 heavy (non-hydrogen) atoms. The van der Waals surface area contributed by atoms with Gasteiger partial charge >= 0.3 is 0 Å². The van der Waals surface area contributed by atoms with Gasteiger partial charge < -0.3 is 10.1 Å². The van der Waals surface area contributed by atoms with Crippen molar-refractivity contribution in [2.75, 3.05) is 32.8 Å². The summed E-state index contributed by atoms with van der Waals surface area (Å²) in [5.74, 6) is 0.912. The molecule has 3 nitrogen and oxygen atoms in total. The van der Waals surface area contributed by atoms with Crippen LogP contribution in [0.5, 0.6) is 0 Å². The van der Waals surface area contributed by atoms with Gasteiger partial charge in [0.05, 0.1) is 13.2 Å². The zero-order valence-electron chi connectivity index (χ0n) is 14.9. The molecule has 0 bridgehead atoms. The molecule has 0 aromatic heterocycles. The molecule has 1 atom stereocenters. The van der Waals surface area contributed by atoms with Crippen molar-refractivity contribution in [3.63, 3.8) is 0 Å². The van der Waals surface area contributed by atoms with Crippen LogP contribution >= 0.6 is 0 Å². The summed E-state index contributed by atoms with van der Waals surface area (Å²) in [4.78, 5) is 2.67. The first kappa shape index (κ1) is 17.2. The third-order valence-corrected chi connectivity index (χ3v) is 5.37. The van der Waals surface area contributed by atoms with Crippen molar-refractivity contribution in [2.24, 2.45) is 11.3 Å². The largest absolute Gasteiger partial charge is 0.379 e. The summed E-state index contributed by atoms with van der Waals surface area (Å²) in [5, 5.41) is 3.79. The molecule has 0 radical (unpaired) electrons. The number of nitrogens with one attached hydrogen (secondary N) is 1. The summed E-state index contributed by atoms with van der Waals surface area (Å²) >= 11 is 0. The molecule has 1 heterocycles. The summed E-state index contributed by atoms with van der Waals surface area (Å²) in [6, 6.07) is 0.574. The van der Waals surface area contributed by atoms with E-state index in [9.17, 15) is 0 Å². The van der Waals surface area contributed by atoms with E-state index in [1.165, 1.54) is 32.2 Å². The van der Waals surface area contributed by atoms with Crippen molar-refractivity contribution >= 4 is 0 Å². The Bertz CT molecular complexity index is 316. The molecule has 2 rings (SSSR count). The number of morpholine rings is 1. The summed E-state index contributed by atoms with van der Waals surface area (Å²) in [6.45, 7) is 16.9. The Labute approximate surface area is 131 Å². The maximum Gasteiger partial charge on any atom is 0.0619 e. The van der Waals surface area contributed by atoms with Crippen molar-refractivity contribution < 1.29 is 4.74 Å². The van der Waals surface area contributed by atoms with Crippen LogP contribution in [0, 0.1) is 11.3 Å². The number of nitrogens with zero attached hydrogens (tertiary/aromatic N) is 1. The highest BCUT2D eigenvalue weighted by Crippen LogP contribution is 2.40. The van der Waals surface area contributed by atoms with Gasteiger partial charge in [0.15, 0.2) is 0 Å². The minimum absolute atomic E-state index is 0.215. The Hall–Kier alpha value is -0.120. The highest BCUT2D eigenvalue weighted by molar-refractivity contribution is 4.92. The number of rotatable bonds is 4. The lowest BCUT2D eigenvalue weighted by Gasteiger charge is -2.46. The molecule has 2 fully saturated rings. The Kier molecular flexibility index (Phi) is 5.72. The van der Waals surface area contributed by atoms with Gasteiger partial charge in [-0.25, -0.2) is 0 Å². The van der Waals surface area contributed by atoms with E-state index in [1.807, 2.05) is 0 Å². The van der Waals surface area contributed by atoms with Crippen molar-refractivity contribution in [1.82, 2.24) is 10.2 Å². The van der Waals surface area contributed by atoms with Crippen LogP contribution in [0.15, 0.2) is 0 Å². The molecule has 1 N–H and O–H groups in total. The number of ether oxygens (including phenoxy) is 1.